The molecule has 0 aromatic heterocycles. The first-order valence-corrected chi connectivity index (χ1v) is 5.37. The van der Waals surface area contributed by atoms with Crippen molar-refractivity contribution < 1.29 is 4.79 Å². The number of nitrogens with zero attached hydrogens (tertiary/aromatic N) is 1. The summed E-state index contributed by atoms with van der Waals surface area (Å²) in [6.45, 7) is 6.83. The van der Waals surface area contributed by atoms with Crippen LogP contribution in [0.1, 0.15) is 13.8 Å². The molecule has 2 unspecified atom stereocenters. The lowest BCUT2D eigenvalue weighted by Gasteiger charge is -2.23. The normalized spacial score (nSPS) is 35.9. The summed E-state index contributed by atoms with van der Waals surface area (Å²) in [5, 5.41) is 2.97. The zero-order valence-electron chi connectivity index (χ0n) is 8.86. The van der Waals surface area contributed by atoms with E-state index >= 15 is 0 Å². The third-order valence-corrected chi connectivity index (χ3v) is 3.47. The Morgan fingerprint density at radius 3 is 2.50 bits per heavy atom. The van der Waals surface area contributed by atoms with Crippen molar-refractivity contribution in [2.75, 3.05) is 19.6 Å². The van der Waals surface area contributed by atoms with E-state index < -0.39 is 0 Å². The molecule has 1 amide bonds. The molecule has 2 fully saturated rings. The second kappa shape index (κ2) is 3.51. The first-order valence-electron chi connectivity index (χ1n) is 5.37. The van der Waals surface area contributed by atoms with E-state index in [2.05, 4.69) is 24.1 Å². The van der Waals surface area contributed by atoms with Gasteiger partial charge in [0.15, 0.2) is 0 Å². The molecule has 80 valence electrons. The maximum Gasteiger partial charge on any atom is 0.233 e. The molecule has 4 heteroatoms. The van der Waals surface area contributed by atoms with Crippen molar-refractivity contribution >= 4 is 5.91 Å². The Kier molecular flexibility index (Phi) is 2.49. The summed E-state index contributed by atoms with van der Waals surface area (Å²) in [6.07, 6.45) is 0. The van der Waals surface area contributed by atoms with Crippen LogP contribution >= 0.6 is 0 Å². The number of nitrogens with one attached hydrogen (secondary N) is 1. The van der Waals surface area contributed by atoms with Gasteiger partial charge in [-0.2, -0.15) is 0 Å². The minimum absolute atomic E-state index is 0.0134. The molecule has 0 bridgehead atoms. The van der Waals surface area contributed by atoms with Crippen molar-refractivity contribution in [3.05, 3.63) is 0 Å². The number of amides is 1. The van der Waals surface area contributed by atoms with Crippen LogP contribution in [-0.4, -0.2) is 42.5 Å². The summed E-state index contributed by atoms with van der Waals surface area (Å²) in [4.78, 5) is 13.5. The van der Waals surface area contributed by atoms with Gasteiger partial charge in [0.2, 0.25) is 5.91 Å². The van der Waals surface area contributed by atoms with Crippen LogP contribution in [0.2, 0.25) is 0 Å². The lowest BCUT2D eigenvalue weighted by molar-refractivity contribution is -0.120. The highest BCUT2D eigenvalue weighted by atomic mass is 16.1. The van der Waals surface area contributed by atoms with E-state index in [1.807, 2.05) is 0 Å². The number of hydrogen-bond acceptors (Lipinski definition) is 3. The Labute approximate surface area is 84.8 Å². The molecule has 1 saturated carbocycles. The molecular formula is C10H19N3O. The van der Waals surface area contributed by atoms with Gasteiger partial charge in [-0.25, -0.2) is 0 Å². The molecule has 0 aromatic carbocycles. The van der Waals surface area contributed by atoms with Crippen LogP contribution in [0, 0.1) is 11.8 Å². The minimum atomic E-state index is -0.0134. The van der Waals surface area contributed by atoms with Crippen molar-refractivity contribution in [2.24, 2.45) is 17.6 Å². The second-order valence-electron chi connectivity index (χ2n) is 4.67. The highest BCUT2D eigenvalue weighted by Gasteiger charge is 2.56. The van der Waals surface area contributed by atoms with Crippen molar-refractivity contribution in [1.29, 1.82) is 0 Å². The van der Waals surface area contributed by atoms with Gasteiger partial charge in [0.1, 0.15) is 0 Å². The van der Waals surface area contributed by atoms with Crippen LogP contribution in [0.4, 0.5) is 0 Å². The van der Waals surface area contributed by atoms with E-state index in [0.29, 0.717) is 23.9 Å². The van der Waals surface area contributed by atoms with E-state index in [-0.39, 0.29) is 12.5 Å². The first kappa shape index (κ1) is 9.93. The van der Waals surface area contributed by atoms with Gasteiger partial charge in [-0.15, -0.1) is 0 Å². The van der Waals surface area contributed by atoms with Crippen LogP contribution in [0.5, 0.6) is 0 Å². The molecule has 2 rings (SSSR count). The third-order valence-electron chi connectivity index (χ3n) is 3.47. The highest BCUT2D eigenvalue weighted by Crippen LogP contribution is 2.45. The molecule has 1 saturated heterocycles. The molecule has 0 radical (unpaired) electrons. The molecule has 2 atom stereocenters. The summed E-state index contributed by atoms with van der Waals surface area (Å²) in [7, 11) is 0. The van der Waals surface area contributed by atoms with Crippen molar-refractivity contribution in [3.63, 3.8) is 0 Å². The van der Waals surface area contributed by atoms with Gasteiger partial charge in [0, 0.05) is 25.2 Å². The van der Waals surface area contributed by atoms with Crippen LogP contribution in [0.25, 0.3) is 0 Å². The number of likely N-dealkylation sites (tertiary alicyclic amines) is 1. The van der Waals surface area contributed by atoms with Gasteiger partial charge in [-0.05, 0) is 25.7 Å². The molecule has 4 nitrogen and oxygen atoms in total. The van der Waals surface area contributed by atoms with E-state index in [1.54, 1.807) is 0 Å². The van der Waals surface area contributed by atoms with E-state index in [9.17, 15) is 4.79 Å². The average Bonchev–Trinajstić information content (AvgIpc) is 2.64. The summed E-state index contributed by atoms with van der Waals surface area (Å²) >= 11 is 0. The molecule has 1 aliphatic carbocycles. The summed E-state index contributed by atoms with van der Waals surface area (Å²) in [6, 6.07) is 1.05. The predicted octanol–water partition coefficient (Wildman–Crippen LogP) is -0.600. The predicted molar refractivity (Wildman–Crippen MR) is 54.7 cm³/mol. The quantitative estimate of drug-likeness (QED) is 0.635. The molecule has 14 heavy (non-hydrogen) atoms. The van der Waals surface area contributed by atoms with E-state index in [4.69, 9.17) is 5.73 Å². The van der Waals surface area contributed by atoms with Gasteiger partial charge in [-0.3, -0.25) is 4.79 Å². The topological polar surface area (TPSA) is 58.4 Å². The lowest BCUT2D eigenvalue weighted by Crippen LogP contribution is -2.39. The summed E-state index contributed by atoms with van der Waals surface area (Å²) in [5.41, 5.74) is 5.25. The van der Waals surface area contributed by atoms with Gasteiger partial charge < -0.3 is 16.0 Å². The Morgan fingerprint density at radius 1 is 1.50 bits per heavy atom. The Morgan fingerprint density at radius 2 is 2.07 bits per heavy atom. The number of nitrogens with two attached hydrogens (primary N) is 1. The van der Waals surface area contributed by atoms with Gasteiger partial charge in [-0.1, -0.05) is 0 Å². The van der Waals surface area contributed by atoms with Crippen molar-refractivity contribution in [2.45, 2.75) is 25.9 Å². The van der Waals surface area contributed by atoms with Crippen molar-refractivity contribution in [1.82, 2.24) is 10.2 Å². The number of rotatable bonds is 3. The van der Waals surface area contributed by atoms with Crippen LogP contribution < -0.4 is 11.1 Å². The maximum atomic E-state index is 11.1. The fraction of sp³-hybridized carbons (Fsp3) is 0.900. The minimum Gasteiger partial charge on any atom is -0.352 e. The smallest absolute Gasteiger partial charge is 0.233 e. The molecule has 0 spiro atoms. The highest BCUT2D eigenvalue weighted by molar-refractivity contribution is 5.78. The first-order chi connectivity index (χ1) is 6.63. The number of carbonyl (C=O) groups excluding carboxylic acids is 1. The SMILES string of the molecule is CC(C)N1CC2C(C1)C2NC(=O)CN. The van der Waals surface area contributed by atoms with Crippen LogP contribution in [0.15, 0.2) is 0 Å². The number of piperidine rings is 1. The maximum absolute atomic E-state index is 11.1. The summed E-state index contributed by atoms with van der Waals surface area (Å²) < 4.78 is 0. The van der Waals surface area contributed by atoms with Gasteiger partial charge >= 0.3 is 0 Å². The monoisotopic (exact) mass is 197 g/mol. The zero-order valence-corrected chi connectivity index (χ0v) is 8.86. The Balaban J connectivity index is 1.77. The molecule has 1 aliphatic heterocycles. The number of carbonyl (C=O) groups is 1. The second-order valence-corrected chi connectivity index (χ2v) is 4.67. The average molecular weight is 197 g/mol. The Hall–Kier alpha value is -0.610. The van der Waals surface area contributed by atoms with Crippen LogP contribution in [0.3, 0.4) is 0 Å². The van der Waals surface area contributed by atoms with E-state index in [1.165, 1.54) is 0 Å². The van der Waals surface area contributed by atoms with Gasteiger partial charge in [0.25, 0.3) is 0 Å². The zero-order chi connectivity index (χ0) is 10.3. The van der Waals surface area contributed by atoms with Crippen LogP contribution in [-0.2, 0) is 4.79 Å². The fourth-order valence-electron chi connectivity index (χ4n) is 2.44. The Bertz CT molecular complexity index is 230. The standard InChI is InChI=1S/C10H19N3O/c1-6(2)13-4-7-8(5-13)10(7)12-9(14)3-11/h6-8,10H,3-5,11H2,1-2H3,(H,12,14). The molecular weight excluding hydrogens is 178 g/mol. The lowest BCUT2D eigenvalue weighted by atomic mass is 10.3. The molecule has 2 aliphatic rings. The molecule has 0 aromatic rings. The van der Waals surface area contributed by atoms with Crippen molar-refractivity contribution in [3.8, 4) is 0 Å². The number of hydrogen-bond donors (Lipinski definition) is 2. The largest absolute Gasteiger partial charge is 0.352 e. The van der Waals surface area contributed by atoms with Gasteiger partial charge in [0.05, 0.1) is 6.54 Å². The fourth-order valence-corrected chi connectivity index (χ4v) is 2.44. The molecule has 1 heterocycles. The number of fused-ring (bicyclic) bond motifs is 1. The summed E-state index contributed by atoms with van der Waals surface area (Å²) in [5.74, 6) is 1.36. The third kappa shape index (κ3) is 1.64. The molecule has 3 N–H and O–H groups in total. The van der Waals surface area contributed by atoms with E-state index in [0.717, 1.165) is 13.1 Å².